The van der Waals surface area contributed by atoms with Crippen molar-refractivity contribution < 1.29 is 9.84 Å². The largest absolute Gasteiger partial charge is 0.497 e. The van der Waals surface area contributed by atoms with Gasteiger partial charge in [0.25, 0.3) is 0 Å². The van der Waals surface area contributed by atoms with Crippen molar-refractivity contribution in [2.24, 2.45) is 0 Å². The average molecular weight is 287 g/mol. The number of rotatable bonds is 4. The maximum atomic E-state index is 8.99. The first-order valence-corrected chi connectivity index (χ1v) is 6.87. The van der Waals surface area contributed by atoms with Gasteiger partial charge in [-0.25, -0.2) is 9.97 Å². The molecule has 2 aromatic heterocycles. The Kier molecular flexibility index (Phi) is 3.58. The molecule has 0 radical (unpaired) electrons. The Morgan fingerprint density at radius 1 is 1.30 bits per heavy atom. The first-order chi connectivity index (χ1) is 9.78. The lowest BCUT2D eigenvalue weighted by molar-refractivity contribution is 0.281. The molecular formula is C14H13N3O2S. The third-order valence-corrected chi connectivity index (χ3v) is 3.69. The van der Waals surface area contributed by atoms with Gasteiger partial charge in [0, 0.05) is 12.3 Å². The van der Waals surface area contributed by atoms with Gasteiger partial charge < -0.3 is 14.8 Å². The van der Waals surface area contributed by atoms with E-state index in [0.717, 1.165) is 32.5 Å². The Hall–Kier alpha value is -2.05. The van der Waals surface area contributed by atoms with Gasteiger partial charge in [-0.1, -0.05) is 6.07 Å². The first kappa shape index (κ1) is 13.0. The molecule has 0 aliphatic heterocycles. The number of aliphatic hydroxyl groups excluding tert-OH is 1. The molecule has 0 unspecified atom stereocenters. The highest BCUT2D eigenvalue weighted by Crippen LogP contribution is 2.27. The van der Waals surface area contributed by atoms with E-state index in [9.17, 15) is 0 Å². The Morgan fingerprint density at radius 3 is 2.90 bits per heavy atom. The lowest BCUT2D eigenvalue weighted by Gasteiger charge is -1.98. The molecule has 0 aliphatic rings. The number of methoxy groups -OCH3 is 1. The molecule has 20 heavy (non-hydrogen) atoms. The third-order valence-electron chi connectivity index (χ3n) is 2.85. The fourth-order valence-corrected chi connectivity index (χ4v) is 2.55. The minimum Gasteiger partial charge on any atom is -0.497 e. The van der Waals surface area contributed by atoms with Gasteiger partial charge in [0.2, 0.25) is 0 Å². The quantitative estimate of drug-likeness (QED) is 0.772. The van der Waals surface area contributed by atoms with Crippen LogP contribution in [0.2, 0.25) is 0 Å². The van der Waals surface area contributed by atoms with Crippen LogP contribution < -0.4 is 4.74 Å². The summed E-state index contributed by atoms with van der Waals surface area (Å²) < 4.78 is 5.18. The van der Waals surface area contributed by atoms with E-state index in [-0.39, 0.29) is 6.61 Å². The number of aromatic amines is 1. The summed E-state index contributed by atoms with van der Waals surface area (Å²) in [4.78, 5) is 12.0. The van der Waals surface area contributed by atoms with Crippen molar-refractivity contribution >= 4 is 22.8 Å². The van der Waals surface area contributed by atoms with Crippen molar-refractivity contribution in [3.63, 3.8) is 0 Å². The van der Waals surface area contributed by atoms with E-state index in [1.165, 1.54) is 11.8 Å². The monoisotopic (exact) mass is 287 g/mol. The van der Waals surface area contributed by atoms with Crippen LogP contribution in [0.15, 0.2) is 46.7 Å². The lowest BCUT2D eigenvalue weighted by atomic mass is 10.3. The predicted octanol–water partition coefficient (Wildman–Crippen LogP) is 2.61. The molecule has 0 atom stereocenters. The molecule has 0 saturated heterocycles. The number of aromatic nitrogens is 3. The number of aliphatic hydroxyl groups is 1. The summed E-state index contributed by atoms with van der Waals surface area (Å²) >= 11 is 1.45. The molecule has 1 aromatic carbocycles. The number of pyridine rings is 1. The van der Waals surface area contributed by atoms with Crippen LogP contribution in [-0.4, -0.2) is 27.2 Å². The number of nitrogens with zero attached hydrogens (tertiary/aromatic N) is 2. The van der Waals surface area contributed by atoms with Crippen molar-refractivity contribution in [3.05, 3.63) is 42.1 Å². The summed E-state index contributed by atoms with van der Waals surface area (Å²) in [5, 5.41) is 10.6. The summed E-state index contributed by atoms with van der Waals surface area (Å²) in [6, 6.07) is 9.42. The summed E-state index contributed by atoms with van der Waals surface area (Å²) in [6.07, 6.45) is 1.66. The molecule has 5 nitrogen and oxygen atoms in total. The molecule has 0 aliphatic carbocycles. The Bertz CT molecular complexity index is 725. The summed E-state index contributed by atoms with van der Waals surface area (Å²) in [7, 11) is 1.64. The third kappa shape index (κ3) is 2.61. The standard InChI is InChI=1S/C14H13N3O2S/c1-19-10-3-4-11-12(6-10)17-14(16-11)20-13-5-2-9(8-18)7-15-13/h2-7,18H,8H2,1H3,(H,16,17). The van der Waals surface area contributed by atoms with Crippen molar-refractivity contribution in [1.82, 2.24) is 15.0 Å². The average Bonchev–Trinajstić information content (AvgIpc) is 2.89. The van der Waals surface area contributed by atoms with Crippen LogP contribution in [0, 0.1) is 0 Å². The zero-order chi connectivity index (χ0) is 13.9. The van der Waals surface area contributed by atoms with Gasteiger partial charge in [-0.15, -0.1) is 0 Å². The van der Waals surface area contributed by atoms with E-state index in [4.69, 9.17) is 9.84 Å². The fourth-order valence-electron chi connectivity index (χ4n) is 1.80. The number of hydrogen-bond acceptors (Lipinski definition) is 5. The van der Waals surface area contributed by atoms with E-state index >= 15 is 0 Å². The van der Waals surface area contributed by atoms with Crippen molar-refractivity contribution in [3.8, 4) is 5.75 Å². The maximum absolute atomic E-state index is 8.99. The van der Waals surface area contributed by atoms with Crippen LogP contribution >= 0.6 is 11.8 Å². The van der Waals surface area contributed by atoms with Gasteiger partial charge in [0.05, 0.1) is 24.8 Å². The number of ether oxygens (including phenoxy) is 1. The Labute approximate surface area is 120 Å². The highest BCUT2D eigenvalue weighted by Gasteiger charge is 2.06. The van der Waals surface area contributed by atoms with Crippen LogP contribution in [0.3, 0.4) is 0 Å². The molecule has 6 heteroatoms. The summed E-state index contributed by atoms with van der Waals surface area (Å²) in [5.41, 5.74) is 2.61. The van der Waals surface area contributed by atoms with Crippen molar-refractivity contribution in [2.45, 2.75) is 16.8 Å². The van der Waals surface area contributed by atoms with Crippen molar-refractivity contribution in [2.75, 3.05) is 7.11 Å². The summed E-state index contributed by atoms with van der Waals surface area (Å²) in [5.74, 6) is 0.795. The summed E-state index contributed by atoms with van der Waals surface area (Å²) in [6.45, 7) is 0.00236. The van der Waals surface area contributed by atoms with E-state index in [2.05, 4.69) is 15.0 Å². The number of hydrogen-bond donors (Lipinski definition) is 2. The number of nitrogens with one attached hydrogen (secondary N) is 1. The molecule has 0 saturated carbocycles. The Balaban J connectivity index is 1.86. The highest BCUT2D eigenvalue weighted by atomic mass is 32.2. The van der Waals surface area contributed by atoms with Crippen LogP contribution in [0.4, 0.5) is 0 Å². The number of imidazole rings is 1. The topological polar surface area (TPSA) is 71.0 Å². The molecule has 2 N–H and O–H groups in total. The minimum absolute atomic E-state index is 0.00236. The zero-order valence-electron chi connectivity index (χ0n) is 10.8. The van der Waals surface area contributed by atoms with Gasteiger partial charge in [0.1, 0.15) is 10.8 Å². The van der Waals surface area contributed by atoms with Crippen LogP contribution in [0.25, 0.3) is 11.0 Å². The second-order valence-corrected chi connectivity index (χ2v) is 5.20. The molecular weight excluding hydrogens is 274 g/mol. The molecule has 3 rings (SSSR count). The van der Waals surface area contributed by atoms with Gasteiger partial charge in [-0.2, -0.15) is 0 Å². The van der Waals surface area contributed by atoms with E-state index in [0.29, 0.717) is 0 Å². The second-order valence-electron chi connectivity index (χ2n) is 4.19. The molecule has 0 fully saturated rings. The number of H-pyrrole nitrogens is 1. The molecule has 0 spiro atoms. The fraction of sp³-hybridized carbons (Fsp3) is 0.143. The number of benzene rings is 1. The van der Waals surface area contributed by atoms with Gasteiger partial charge in [0.15, 0.2) is 5.16 Å². The SMILES string of the molecule is COc1ccc2nc(Sc3ccc(CO)cn3)[nH]c2c1. The molecule has 0 bridgehead atoms. The maximum Gasteiger partial charge on any atom is 0.172 e. The Morgan fingerprint density at radius 2 is 2.20 bits per heavy atom. The molecule has 3 aromatic rings. The van der Waals surface area contributed by atoms with Crippen LogP contribution in [-0.2, 0) is 6.61 Å². The molecule has 0 amide bonds. The molecule has 2 heterocycles. The molecule has 102 valence electrons. The van der Waals surface area contributed by atoms with Gasteiger partial charge in [-0.05, 0) is 35.5 Å². The van der Waals surface area contributed by atoms with Crippen LogP contribution in [0.1, 0.15) is 5.56 Å². The smallest absolute Gasteiger partial charge is 0.172 e. The first-order valence-electron chi connectivity index (χ1n) is 6.06. The van der Waals surface area contributed by atoms with Gasteiger partial charge in [-0.3, -0.25) is 0 Å². The highest BCUT2D eigenvalue weighted by molar-refractivity contribution is 7.99. The predicted molar refractivity (Wildman–Crippen MR) is 76.9 cm³/mol. The number of fused-ring (bicyclic) bond motifs is 1. The van der Waals surface area contributed by atoms with Gasteiger partial charge >= 0.3 is 0 Å². The minimum atomic E-state index is 0.00236. The van der Waals surface area contributed by atoms with E-state index < -0.39 is 0 Å². The normalized spacial score (nSPS) is 10.9. The van der Waals surface area contributed by atoms with Crippen LogP contribution in [0.5, 0.6) is 5.75 Å². The van der Waals surface area contributed by atoms with Crippen molar-refractivity contribution in [1.29, 1.82) is 0 Å². The second kappa shape index (κ2) is 5.52. The zero-order valence-corrected chi connectivity index (χ0v) is 11.6. The lowest BCUT2D eigenvalue weighted by Crippen LogP contribution is -1.86. The van der Waals surface area contributed by atoms with E-state index in [1.54, 1.807) is 13.3 Å². The van der Waals surface area contributed by atoms with E-state index in [1.807, 2.05) is 30.3 Å².